The first-order valence-electron chi connectivity index (χ1n) is 3.95. The molecule has 0 amide bonds. The molecular weight excluding hydrogens is 215 g/mol. The van der Waals surface area contributed by atoms with E-state index < -0.39 is 16.3 Å². The number of hydrogen-bond acceptors (Lipinski definition) is 3. The van der Waals surface area contributed by atoms with Crippen LogP contribution in [0.25, 0.3) is 0 Å². The van der Waals surface area contributed by atoms with Gasteiger partial charge in [-0.25, -0.2) is 0 Å². The van der Waals surface area contributed by atoms with Crippen LogP contribution in [0.5, 0.6) is 0 Å². The molecule has 0 saturated heterocycles. The Balaban J connectivity index is 4.17. The summed E-state index contributed by atoms with van der Waals surface area (Å²) in [5.74, 6) is -1.18. The molecule has 0 rings (SSSR count). The van der Waals surface area contributed by atoms with Crippen molar-refractivity contribution in [3.63, 3.8) is 0 Å². The fourth-order valence-electron chi connectivity index (χ4n) is 0.871. The van der Waals surface area contributed by atoms with Crippen LogP contribution in [0.3, 0.4) is 0 Å². The number of rotatable bonds is 6. The van der Waals surface area contributed by atoms with E-state index in [9.17, 15) is 4.79 Å². The highest BCUT2D eigenvalue weighted by Crippen LogP contribution is 2.23. The molecule has 78 valence electrons. The predicted octanol–water partition coefficient (Wildman–Crippen LogP) is 0.701. The van der Waals surface area contributed by atoms with E-state index in [1.807, 2.05) is 0 Å². The van der Waals surface area contributed by atoms with Crippen LogP contribution in [0.4, 0.5) is 0 Å². The standard InChI is InChI=1S/C7H14Cl2N2O2/c8-5(9)7(11,6(12)13)3-1-2-4-10/h5H,1-4,10-11H2,(H,12,13)/t7-/m1/s1. The van der Waals surface area contributed by atoms with Crippen molar-refractivity contribution in [2.24, 2.45) is 11.5 Å². The zero-order valence-electron chi connectivity index (χ0n) is 7.17. The second-order valence-electron chi connectivity index (χ2n) is 2.89. The minimum Gasteiger partial charge on any atom is -0.480 e. The number of nitrogens with two attached hydrogens (primary N) is 2. The van der Waals surface area contributed by atoms with Gasteiger partial charge in [-0.1, -0.05) is 0 Å². The van der Waals surface area contributed by atoms with Crippen molar-refractivity contribution in [2.75, 3.05) is 6.54 Å². The fraction of sp³-hybridized carbons (Fsp3) is 0.857. The second-order valence-corrected chi connectivity index (χ2v) is 3.99. The molecule has 0 aromatic rings. The van der Waals surface area contributed by atoms with Gasteiger partial charge in [0.25, 0.3) is 0 Å². The molecule has 0 unspecified atom stereocenters. The number of unbranched alkanes of at least 4 members (excludes halogenated alkanes) is 1. The van der Waals surface area contributed by atoms with Crippen LogP contribution >= 0.6 is 23.2 Å². The molecule has 5 N–H and O–H groups in total. The van der Waals surface area contributed by atoms with E-state index >= 15 is 0 Å². The van der Waals surface area contributed by atoms with Gasteiger partial charge < -0.3 is 16.6 Å². The second kappa shape index (κ2) is 5.65. The van der Waals surface area contributed by atoms with Crippen LogP contribution in [-0.4, -0.2) is 28.0 Å². The minimum absolute atomic E-state index is 0.233. The van der Waals surface area contributed by atoms with E-state index in [0.717, 1.165) is 0 Å². The van der Waals surface area contributed by atoms with Crippen LogP contribution in [0.1, 0.15) is 19.3 Å². The Morgan fingerprint density at radius 2 is 2.00 bits per heavy atom. The third-order valence-corrected chi connectivity index (χ3v) is 2.61. The van der Waals surface area contributed by atoms with Crippen molar-refractivity contribution in [3.8, 4) is 0 Å². The van der Waals surface area contributed by atoms with Gasteiger partial charge in [0.15, 0.2) is 0 Å². The summed E-state index contributed by atoms with van der Waals surface area (Å²) in [6.07, 6.45) is 1.55. The largest absolute Gasteiger partial charge is 0.480 e. The Hall–Kier alpha value is -0.0300. The average molecular weight is 229 g/mol. The normalized spacial score (nSPS) is 15.8. The van der Waals surface area contributed by atoms with Gasteiger partial charge in [0.2, 0.25) is 0 Å². The lowest BCUT2D eigenvalue weighted by atomic mass is 9.96. The lowest BCUT2D eigenvalue weighted by Crippen LogP contribution is -2.53. The molecule has 0 radical (unpaired) electrons. The van der Waals surface area contributed by atoms with Crippen LogP contribution in [-0.2, 0) is 4.79 Å². The van der Waals surface area contributed by atoms with Crippen molar-refractivity contribution in [3.05, 3.63) is 0 Å². The maximum absolute atomic E-state index is 10.7. The van der Waals surface area contributed by atoms with Crippen LogP contribution in [0.15, 0.2) is 0 Å². The van der Waals surface area contributed by atoms with Gasteiger partial charge in [0.05, 0.1) is 0 Å². The van der Waals surface area contributed by atoms with Crippen molar-refractivity contribution >= 4 is 29.2 Å². The van der Waals surface area contributed by atoms with Gasteiger partial charge in [-0.05, 0) is 25.8 Å². The molecule has 1 atom stereocenters. The van der Waals surface area contributed by atoms with E-state index in [4.69, 9.17) is 39.8 Å². The number of aliphatic carboxylic acids is 1. The number of halogens is 2. The Bertz CT molecular complexity index is 178. The summed E-state index contributed by atoms with van der Waals surface area (Å²) in [5, 5.41) is 8.78. The van der Waals surface area contributed by atoms with Gasteiger partial charge in [-0.3, -0.25) is 4.79 Å². The summed E-state index contributed by atoms with van der Waals surface area (Å²) in [5.41, 5.74) is 9.22. The smallest absolute Gasteiger partial charge is 0.326 e. The molecule has 0 aliphatic carbocycles. The molecule has 0 aromatic carbocycles. The first kappa shape index (κ1) is 13.0. The molecule has 0 heterocycles. The molecule has 0 aliphatic rings. The first-order valence-corrected chi connectivity index (χ1v) is 4.83. The van der Waals surface area contributed by atoms with E-state index in [1.165, 1.54) is 0 Å². The predicted molar refractivity (Wildman–Crippen MR) is 53.0 cm³/mol. The van der Waals surface area contributed by atoms with Gasteiger partial charge in [-0.15, -0.1) is 23.2 Å². The molecule has 0 aliphatic heterocycles. The molecule has 0 aromatic heterocycles. The topological polar surface area (TPSA) is 89.3 Å². The third kappa shape index (κ3) is 3.68. The summed E-state index contributed by atoms with van der Waals surface area (Å²) in [6, 6.07) is 0. The van der Waals surface area contributed by atoms with E-state index in [2.05, 4.69) is 0 Å². The summed E-state index contributed by atoms with van der Waals surface area (Å²) < 4.78 is 0. The molecule has 4 nitrogen and oxygen atoms in total. The Kier molecular flexibility index (Phi) is 5.64. The quantitative estimate of drug-likeness (QED) is 0.462. The highest BCUT2D eigenvalue weighted by atomic mass is 35.5. The number of carboxylic acid groups (broad SMARTS) is 1. The maximum Gasteiger partial charge on any atom is 0.326 e. The molecule has 0 fully saturated rings. The van der Waals surface area contributed by atoms with Crippen LogP contribution in [0.2, 0.25) is 0 Å². The summed E-state index contributed by atoms with van der Waals surface area (Å²) >= 11 is 11.0. The molecule has 0 spiro atoms. The molecule has 13 heavy (non-hydrogen) atoms. The van der Waals surface area contributed by atoms with Crippen LogP contribution < -0.4 is 11.5 Å². The summed E-state index contributed by atoms with van der Waals surface area (Å²) in [6.45, 7) is 0.505. The van der Waals surface area contributed by atoms with E-state index in [1.54, 1.807) is 0 Å². The monoisotopic (exact) mass is 228 g/mol. The van der Waals surface area contributed by atoms with Gasteiger partial charge in [0.1, 0.15) is 10.4 Å². The highest BCUT2D eigenvalue weighted by Gasteiger charge is 2.39. The molecule has 0 saturated carbocycles. The number of hydrogen-bond donors (Lipinski definition) is 3. The Morgan fingerprint density at radius 1 is 1.46 bits per heavy atom. The lowest BCUT2D eigenvalue weighted by molar-refractivity contribution is -0.143. The first-order chi connectivity index (χ1) is 5.95. The van der Waals surface area contributed by atoms with Gasteiger partial charge in [-0.2, -0.15) is 0 Å². The SMILES string of the molecule is NCCCC[C@](N)(C(=O)O)C(Cl)Cl. The Labute approximate surface area is 87.2 Å². The Morgan fingerprint density at radius 3 is 2.31 bits per heavy atom. The molecular formula is C7H14Cl2N2O2. The van der Waals surface area contributed by atoms with Crippen molar-refractivity contribution in [1.29, 1.82) is 0 Å². The number of carbonyl (C=O) groups is 1. The van der Waals surface area contributed by atoms with Crippen molar-refractivity contribution in [2.45, 2.75) is 29.6 Å². The number of carboxylic acids is 1. The fourth-order valence-corrected chi connectivity index (χ4v) is 1.28. The van der Waals surface area contributed by atoms with E-state index in [0.29, 0.717) is 19.4 Å². The zero-order valence-corrected chi connectivity index (χ0v) is 8.68. The molecule has 6 heteroatoms. The average Bonchev–Trinajstić information content (AvgIpc) is 2.03. The minimum atomic E-state index is -1.56. The summed E-state index contributed by atoms with van der Waals surface area (Å²) in [4.78, 5) is 9.62. The lowest BCUT2D eigenvalue weighted by Gasteiger charge is -2.25. The van der Waals surface area contributed by atoms with E-state index in [-0.39, 0.29) is 6.42 Å². The third-order valence-electron chi connectivity index (χ3n) is 1.83. The maximum atomic E-state index is 10.7. The number of alkyl halides is 2. The van der Waals surface area contributed by atoms with Crippen molar-refractivity contribution in [1.82, 2.24) is 0 Å². The molecule has 0 bridgehead atoms. The summed E-state index contributed by atoms with van der Waals surface area (Å²) in [7, 11) is 0. The van der Waals surface area contributed by atoms with Gasteiger partial charge in [0, 0.05) is 0 Å². The van der Waals surface area contributed by atoms with Crippen molar-refractivity contribution < 1.29 is 9.90 Å². The van der Waals surface area contributed by atoms with Gasteiger partial charge >= 0.3 is 5.97 Å². The van der Waals surface area contributed by atoms with Crippen LogP contribution in [0, 0.1) is 0 Å². The zero-order chi connectivity index (χ0) is 10.5. The highest BCUT2D eigenvalue weighted by molar-refractivity contribution is 6.46.